The number of carbonyl (C=O) groups is 2. The van der Waals surface area contributed by atoms with Crippen LogP contribution in [0.2, 0.25) is 0 Å². The highest BCUT2D eigenvalue weighted by Crippen LogP contribution is 2.20. The highest BCUT2D eigenvalue weighted by Gasteiger charge is 2.38. The van der Waals surface area contributed by atoms with Crippen molar-refractivity contribution >= 4 is 12.1 Å². The van der Waals surface area contributed by atoms with Crippen molar-refractivity contribution in [3.63, 3.8) is 0 Å². The second-order valence-electron chi connectivity index (χ2n) is 3.52. The number of likely N-dealkylation sites (tertiary alicyclic amines) is 1. The fourth-order valence-corrected chi connectivity index (χ4v) is 1.51. The van der Waals surface area contributed by atoms with E-state index in [9.17, 15) is 9.59 Å². The molecule has 0 saturated carbocycles. The van der Waals surface area contributed by atoms with E-state index in [1.54, 1.807) is 30.3 Å². The summed E-state index contributed by atoms with van der Waals surface area (Å²) in [6.45, 7) is 0.433. The molecule has 1 heterocycles. The summed E-state index contributed by atoms with van der Waals surface area (Å²) in [7, 11) is 0. The number of amides is 1. The Morgan fingerprint density at radius 1 is 1.31 bits per heavy atom. The molecular weight excluding hydrogens is 210 g/mol. The van der Waals surface area contributed by atoms with Gasteiger partial charge in [-0.25, -0.2) is 9.59 Å². The molecule has 1 aliphatic heterocycles. The second kappa shape index (κ2) is 4.22. The molecule has 1 aliphatic rings. The van der Waals surface area contributed by atoms with E-state index < -0.39 is 18.1 Å². The number of nitrogens with zero attached hydrogens (tertiary/aromatic N) is 1. The van der Waals surface area contributed by atoms with Gasteiger partial charge in [0.05, 0.1) is 0 Å². The number of rotatable bonds is 2. The Labute approximate surface area is 92.2 Å². The molecule has 1 aromatic carbocycles. The van der Waals surface area contributed by atoms with Gasteiger partial charge in [-0.05, 0) is 18.6 Å². The van der Waals surface area contributed by atoms with Crippen molar-refractivity contribution in [2.75, 3.05) is 6.54 Å². The molecule has 0 spiro atoms. The highest BCUT2D eigenvalue weighted by atomic mass is 16.6. The van der Waals surface area contributed by atoms with Crippen molar-refractivity contribution in [1.29, 1.82) is 0 Å². The van der Waals surface area contributed by atoms with Crippen molar-refractivity contribution in [3.8, 4) is 5.75 Å². The van der Waals surface area contributed by atoms with Crippen LogP contribution in [0, 0.1) is 0 Å². The lowest BCUT2D eigenvalue weighted by Crippen LogP contribution is -2.56. The first-order valence-corrected chi connectivity index (χ1v) is 4.95. The van der Waals surface area contributed by atoms with Crippen LogP contribution in [0.15, 0.2) is 30.3 Å². The summed E-state index contributed by atoms with van der Waals surface area (Å²) in [5.41, 5.74) is 0. The first-order valence-electron chi connectivity index (χ1n) is 4.95. The third-order valence-electron chi connectivity index (χ3n) is 2.49. The molecular formula is C11H11NO4. The topological polar surface area (TPSA) is 66.8 Å². The van der Waals surface area contributed by atoms with Crippen LogP contribution in [0.5, 0.6) is 5.75 Å². The Morgan fingerprint density at radius 3 is 2.50 bits per heavy atom. The van der Waals surface area contributed by atoms with Crippen LogP contribution in [-0.4, -0.2) is 34.7 Å². The molecule has 0 radical (unpaired) electrons. The predicted molar refractivity (Wildman–Crippen MR) is 55.2 cm³/mol. The van der Waals surface area contributed by atoms with Crippen LogP contribution in [-0.2, 0) is 4.79 Å². The summed E-state index contributed by atoms with van der Waals surface area (Å²) in [5.74, 6) is -0.570. The number of carboxylic acids is 1. The SMILES string of the molecule is O=C(O)C1CCN1C(=O)Oc1ccccc1. The molecule has 0 bridgehead atoms. The zero-order valence-corrected chi connectivity index (χ0v) is 8.50. The maximum absolute atomic E-state index is 11.5. The van der Waals surface area contributed by atoms with Gasteiger partial charge in [-0.15, -0.1) is 0 Å². The summed E-state index contributed by atoms with van der Waals surface area (Å²) in [6.07, 6.45) is -0.121. The minimum Gasteiger partial charge on any atom is -0.480 e. The number of benzene rings is 1. The molecule has 1 aromatic rings. The van der Waals surface area contributed by atoms with E-state index in [4.69, 9.17) is 9.84 Å². The molecule has 1 saturated heterocycles. The molecule has 0 aromatic heterocycles. The predicted octanol–water partition coefficient (Wildman–Crippen LogP) is 1.34. The maximum Gasteiger partial charge on any atom is 0.415 e. The molecule has 2 rings (SSSR count). The highest BCUT2D eigenvalue weighted by molar-refractivity contribution is 5.82. The van der Waals surface area contributed by atoms with Crippen molar-refractivity contribution in [1.82, 2.24) is 4.90 Å². The quantitative estimate of drug-likeness (QED) is 0.818. The van der Waals surface area contributed by atoms with E-state index in [-0.39, 0.29) is 0 Å². The maximum atomic E-state index is 11.5. The van der Waals surface area contributed by atoms with Crippen LogP contribution in [0.4, 0.5) is 4.79 Å². The van der Waals surface area contributed by atoms with Crippen LogP contribution in [0.3, 0.4) is 0 Å². The van der Waals surface area contributed by atoms with Gasteiger partial charge >= 0.3 is 12.1 Å². The molecule has 5 heteroatoms. The second-order valence-corrected chi connectivity index (χ2v) is 3.52. The van der Waals surface area contributed by atoms with Gasteiger partial charge in [0.1, 0.15) is 11.8 Å². The molecule has 84 valence electrons. The summed E-state index contributed by atoms with van der Waals surface area (Å²) in [5, 5.41) is 8.77. The average Bonchev–Trinajstić information content (AvgIpc) is 2.16. The third-order valence-corrected chi connectivity index (χ3v) is 2.49. The fraction of sp³-hybridized carbons (Fsp3) is 0.273. The lowest BCUT2D eigenvalue weighted by atomic mass is 10.1. The molecule has 16 heavy (non-hydrogen) atoms. The van der Waals surface area contributed by atoms with Crippen LogP contribution >= 0.6 is 0 Å². The van der Waals surface area contributed by atoms with E-state index in [1.807, 2.05) is 0 Å². The fourth-order valence-electron chi connectivity index (χ4n) is 1.51. The number of aliphatic carboxylic acids is 1. The van der Waals surface area contributed by atoms with Gasteiger partial charge in [-0.1, -0.05) is 18.2 Å². The first kappa shape index (κ1) is 10.5. The Kier molecular flexibility index (Phi) is 2.76. The van der Waals surface area contributed by atoms with Gasteiger partial charge in [-0.2, -0.15) is 0 Å². The number of para-hydroxylation sites is 1. The van der Waals surface area contributed by atoms with Gasteiger partial charge in [0.25, 0.3) is 0 Å². The lowest BCUT2D eigenvalue weighted by Gasteiger charge is -2.36. The Hall–Kier alpha value is -2.04. The normalized spacial score (nSPS) is 18.8. The zero-order chi connectivity index (χ0) is 11.5. The molecule has 1 unspecified atom stereocenters. The summed E-state index contributed by atoms with van der Waals surface area (Å²) in [4.78, 5) is 23.5. The van der Waals surface area contributed by atoms with Gasteiger partial charge in [0, 0.05) is 6.54 Å². The Bertz CT molecular complexity index is 404. The van der Waals surface area contributed by atoms with E-state index >= 15 is 0 Å². The lowest BCUT2D eigenvalue weighted by molar-refractivity contribution is -0.146. The smallest absolute Gasteiger partial charge is 0.415 e. The minimum absolute atomic E-state index is 0.420. The molecule has 1 N–H and O–H groups in total. The monoisotopic (exact) mass is 221 g/mol. The van der Waals surface area contributed by atoms with Gasteiger partial charge in [-0.3, -0.25) is 4.90 Å². The molecule has 0 aliphatic carbocycles. The largest absolute Gasteiger partial charge is 0.480 e. The molecule has 1 amide bonds. The van der Waals surface area contributed by atoms with Crippen molar-refractivity contribution in [3.05, 3.63) is 30.3 Å². The van der Waals surface area contributed by atoms with Crippen molar-refractivity contribution < 1.29 is 19.4 Å². The van der Waals surface area contributed by atoms with E-state index in [0.29, 0.717) is 18.7 Å². The zero-order valence-electron chi connectivity index (χ0n) is 8.50. The van der Waals surface area contributed by atoms with Gasteiger partial charge < -0.3 is 9.84 Å². The van der Waals surface area contributed by atoms with Crippen LogP contribution in [0.1, 0.15) is 6.42 Å². The molecule has 5 nitrogen and oxygen atoms in total. The van der Waals surface area contributed by atoms with Gasteiger partial charge in [0.15, 0.2) is 0 Å². The summed E-state index contributed by atoms with van der Waals surface area (Å²) >= 11 is 0. The number of ether oxygens (including phenoxy) is 1. The van der Waals surface area contributed by atoms with E-state index in [1.165, 1.54) is 4.90 Å². The standard InChI is InChI=1S/C11H11NO4/c13-10(14)9-6-7-12(9)11(15)16-8-4-2-1-3-5-8/h1-5,9H,6-7H2,(H,13,14). The van der Waals surface area contributed by atoms with Crippen molar-refractivity contribution in [2.45, 2.75) is 12.5 Å². The van der Waals surface area contributed by atoms with Gasteiger partial charge in [0.2, 0.25) is 0 Å². The summed E-state index contributed by atoms with van der Waals surface area (Å²) < 4.78 is 5.02. The Morgan fingerprint density at radius 2 is 2.00 bits per heavy atom. The number of hydrogen-bond donors (Lipinski definition) is 1. The number of hydrogen-bond acceptors (Lipinski definition) is 3. The van der Waals surface area contributed by atoms with Crippen LogP contribution in [0.25, 0.3) is 0 Å². The summed E-state index contributed by atoms with van der Waals surface area (Å²) in [6, 6.07) is 7.85. The minimum atomic E-state index is -0.990. The molecule has 1 fully saturated rings. The molecule has 1 atom stereocenters. The van der Waals surface area contributed by atoms with E-state index in [0.717, 1.165) is 0 Å². The average molecular weight is 221 g/mol. The van der Waals surface area contributed by atoms with E-state index in [2.05, 4.69) is 0 Å². The number of carbonyl (C=O) groups excluding carboxylic acids is 1. The Balaban J connectivity index is 1.97. The third kappa shape index (κ3) is 1.98. The first-order chi connectivity index (χ1) is 7.68. The van der Waals surface area contributed by atoms with Crippen LogP contribution < -0.4 is 4.74 Å². The van der Waals surface area contributed by atoms with Crippen molar-refractivity contribution in [2.24, 2.45) is 0 Å². The number of carboxylic acid groups (broad SMARTS) is 1.